The highest BCUT2D eigenvalue weighted by Gasteiger charge is 2.25. The number of guanidine groups is 1. The van der Waals surface area contributed by atoms with Crippen LogP contribution in [0.2, 0.25) is 0 Å². The molecule has 2 aliphatic heterocycles. The minimum absolute atomic E-state index is 0. The molecular formula is C19H40IN5O2. The zero-order valence-electron chi connectivity index (χ0n) is 17.4. The Labute approximate surface area is 182 Å². The van der Waals surface area contributed by atoms with E-state index in [1.54, 1.807) is 0 Å². The van der Waals surface area contributed by atoms with E-state index in [0.29, 0.717) is 13.1 Å². The van der Waals surface area contributed by atoms with E-state index in [1.165, 1.54) is 25.9 Å². The van der Waals surface area contributed by atoms with Crippen LogP contribution in [0.4, 0.5) is 0 Å². The minimum atomic E-state index is -0.831. The fraction of sp³-hybridized carbons (Fsp3) is 0.947. The van der Waals surface area contributed by atoms with Crippen LogP contribution in [0.25, 0.3) is 0 Å². The second-order valence-electron chi connectivity index (χ2n) is 8.03. The lowest BCUT2D eigenvalue weighted by atomic mass is 9.99. The lowest BCUT2D eigenvalue weighted by Crippen LogP contribution is -2.48. The molecule has 2 aliphatic rings. The summed E-state index contributed by atoms with van der Waals surface area (Å²) in [5.74, 6) is 1.66. The van der Waals surface area contributed by atoms with Gasteiger partial charge in [-0.1, -0.05) is 6.92 Å². The zero-order valence-corrected chi connectivity index (χ0v) is 19.7. The molecule has 3 N–H and O–H groups in total. The number of rotatable bonds is 8. The van der Waals surface area contributed by atoms with Gasteiger partial charge in [-0.3, -0.25) is 9.89 Å². The van der Waals surface area contributed by atoms with Crippen molar-refractivity contribution in [1.82, 2.24) is 20.4 Å². The van der Waals surface area contributed by atoms with Gasteiger partial charge < -0.3 is 25.4 Å². The van der Waals surface area contributed by atoms with E-state index in [4.69, 9.17) is 4.74 Å². The Morgan fingerprint density at radius 3 is 2.44 bits per heavy atom. The van der Waals surface area contributed by atoms with Crippen molar-refractivity contribution in [2.45, 2.75) is 39.2 Å². The first-order chi connectivity index (χ1) is 12.5. The van der Waals surface area contributed by atoms with Crippen LogP contribution in [-0.4, -0.2) is 98.6 Å². The molecule has 0 aromatic carbocycles. The lowest BCUT2D eigenvalue weighted by Gasteiger charge is -2.33. The van der Waals surface area contributed by atoms with Gasteiger partial charge in [0.25, 0.3) is 0 Å². The van der Waals surface area contributed by atoms with Crippen molar-refractivity contribution in [2.75, 3.05) is 72.1 Å². The number of ether oxygens (including phenoxy) is 1. The van der Waals surface area contributed by atoms with E-state index in [2.05, 4.69) is 39.3 Å². The first-order valence-electron chi connectivity index (χ1n) is 10.3. The molecule has 0 aromatic heterocycles. The van der Waals surface area contributed by atoms with E-state index in [-0.39, 0.29) is 24.0 Å². The van der Waals surface area contributed by atoms with E-state index in [9.17, 15) is 5.11 Å². The normalized spacial score (nSPS) is 22.7. The van der Waals surface area contributed by atoms with E-state index in [0.717, 1.165) is 57.8 Å². The first kappa shape index (κ1) is 24.9. The van der Waals surface area contributed by atoms with Crippen LogP contribution >= 0.6 is 24.0 Å². The number of likely N-dealkylation sites (tertiary alicyclic amines) is 1. The van der Waals surface area contributed by atoms with Crippen molar-refractivity contribution in [3.05, 3.63) is 0 Å². The average molecular weight is 497 g/mol. The van der Waals surface area contributed by atoms with Gasteiger partial charge in [-0.25, -0.2) is 0 Å². The van der Waals surface area contributed by atoms with Crippen molar-refractivity contribution in [2.24, 2.45) is 10.9 Å². The predicted octanol–water partition coefficient (Wildman–Crippen LogP) is 0.975. The number of nitrogens with zero attached hydrogens (tertiary/aromatic N) is 3. The molecule has 0 aliphatic carbocycles. The van der Waals surface area contributed by atoms with Crippen LogP contribution in [-0.2, 0) is 4.74 Å². The van der Waals surface area contributed by atoms with Crippen LogP contribution in [0.1, 0.15) is 33.6 Å². The number of piperidine rings is 1. The van der Waals surface area contributed by atoms with Gasteiger partial charge in [0.1, 0.15) is 0 Å². The SMILES string of the molecule is CCNC(=NCC(C)(O)CN1CCOCC1)NCCN1CCC(C)CC1.I. The highest BCUT2D eigenvalue weighted by Crippen LogP contribution is 2.15. The van der Waals surface area contributed by atoms with Gasteiger partial charge in [0.15, 0.2) is 5.96 Å². The summed E-state index contributed by atoms with van der Waals surface area (Å²) in [7, 11) is 0. The van der Waals surface area contributed by atoms with Gasteiger partial charge in [0, 0.05) is 39.3 Å². The molecule has 0 amide bonds. The smallest absolute Gasteiger partial charge is 0.191 e. The Kier molecular flexibility index (Phi) is 12.1. The molecule has 160 valence electrons. The summed E-state index contributed by atoms with van der Waals surface area (Å²) in [5, 5.41) is 17.4. The molecule has 0 aromatic rings. The summed E-state index contributed by atoms with van der Waals surface area (Å²) >= 11 is 0. The van der Waals surface area contributed by atoms with Gasteiger partial charge >= 0.3 is 0 Å². The predicted molar refractivity (Wildman–Crippen MR) is 122 cm³/mol. The Bertz CT molecular complexity index is 422. The molecule has 0 radical (unpaired) electrons. The number of aliphatic imine (C=N–C) groups is 1. The number of hydrogen-bond acceptors (Lipinski definition) is 5. The summed E-state index contributed by atoms with van der Waals surface area (Å²) in [6.45, 7) is 15.7. The molecule has 1 atom stereocenters. The van der Waals surface area contributed by atoms with Crippen molar-refractivity contribution < 1.29 is 9.84 Å². The van der Waals surface area contributed by atoms with Crippen LogP contribution in [0.5, 0.6) is 0 Å². The van der Waals surface area contributed by atoms with Gasteiger partial charge in [-0.05, 0) is 45.7 Å². The van der Waals surface area contributed by atoms with Crippen LogP contribution in [0, 0.1) is 5.92 Å². The Balaban J connectivity index is 0.00000364. The number of morpholine rings is 1. The molecular weight excluding hydrogens is 457 g/mol. The summed E-state index contributed by atoms with van der Waals surface area (Å²) in [6.07, 6.45) is 2.61. The molecule has 1 unspecified atom stereocenters. The van der Waals surface area contributed by atoms with Crippen molar-refractivity contribution in [3.8, 4) is 0 Å². The zero-order chi connectivity index (χ0) is 18.8. The Morgan fingerprint density at radius 2 is 1.81 bits per heavy atom. The summed E-state index contributed by atoms with van der Waals surface area (Å²) in [4.78, 5) is 9.38. The summed E-state index contributed by atoms with van der Waals surface area (Å²) in [5.41, 5.74) is -0.831. The standard InChI is InChI=1S/C19H39N5O2.HI/c1-4-20-18(21-7-10-23-8-5-17(2)6-9-23)22-15-19(3,25)16-24-11-13-26-14-12-24;/h17,25H,4-16H2,1-3H3,(H2,20,21,22);1H. The molecule has 8 heteroatoms. The van der Waals surface area contributed by atoms with Gasteiger partial charge in [-0.15, -0.1) is 24.0 Å². The second-order valence-corrected chi connectivity index (χ2v) is 8.03. The number of hydrogen-bond donors (Lipinski definition) is 3. The largest absolute Gasteiger partial charge is 0.387 e. The van der Waals surface area contributed by atoms with Crippen LogP contribution in [0.3, 0.4) is 0 Å². The Hall–Kier alpha value is -0.160. The maximum Gasteiger partial charge on any atom is 0.191 e. The highest BCUT2D eigenvalue weighted by atomic mass is 127. The molecule has 27 heavy (non-hydrogen) atoms. The third-order valence-electron chi connectivity index (χ3n) is 5.19. The summed E-state index contributed by atoms with van der Waals surface area (Å²) < 4.78 is 5.37. The number of β-amino-alcohol motifs (C(OH)–C–C–N with tert-alkyl or cyclic N) is 1. The quantitative estimate of drug-likeness (QED) is 0.264. The molecule has 2 fully saturated rings. The van der Waals surface area contributed by atoms with E-state index < -0.39 is 5.60 Å². The average Bonchev–Trinajstić information content (AvgIpc) is 2.62. The summed E-state index contributed by atoms with van der Waals surface area (Å²) in [6, 6.07) is 0. The molecule has 2 rings (SSSR count). The highest BCUT2D eigenvalue weighted by molar-refractivity contribution is 14.0. The Morgan fingerprint density at radius 1 is 1.15 bits per heavy atom. The van der Waals surface area contributed by atoms with Crippen molar-refractivity contribution in [3.63, 3.8) is 0 Å². The maximum atomic E-state index is 10.7. The molecule has 0 bridgehead atoms. The topological polar surface area (TPSA) is 72.4 Å². The minimum Gasteiger partial charge on any atom is -0.387 e. The number of nitrogens with one attached hydrogen (secondary N) is 2. The second kappa shape index (κ2) is 13.1. The van der Waals surface area contributed by atoms with Crippen molar-refractivity contribution in [1.29, 1.82) is 0 Å². The lowest BCUT2D eigenvalue weighted by molar-refractivity contribution is -0.0179. The van der Waals surface area contributed by atoms with Crippen LogP contribution < -0.4 is 10.6 Å². The maximum absolute atomic E-state index is 10.7. The molecule has 2 heterocycles. The fourth-order valence-electron chi connectivity index (χ4n) is 3.50. The molecule has 0 spiro atoms. The third kappa shape index (κ3) is 10.3. The third-order valence-corrected chi connectivity index (χ3v) is 5.19. The number of aliphatic hydroxyl groups is 1. The fourth-order valence-corrected chi connectivity index (χ4v) is 3.50. The van der Waals surface area contributed by atoms with Crippen LogP contribution in [0.15, 0.2) is 4.99 Å². The monoisotopic (exact) mass is 497 g/mol. The number of halogens is 1. The van der Waals surface area contributed by atoms with Gasteiger partial charge in [-0.2, -0.15) is 0 Å². The van der Waals surface area contributed by atoms with E-state index >= 15 is 0 Å². The van der Waals surface area contributed by atoms with Crippen molar-refractivity contribution >= 4 is 29.9 Å². The van der Waals surface area contributed by atoms with E-state index in [1.807, 2.05) is 6.92 Å². The van der Waals surface area contributed by atoms with Gasteiger partial charge in [0.2, 0.25) is 0 Å². The first-order valence-corrected chi connectivity index (χ1v) is 10.3. The molecule has 7 nitrogen and oxygen atoms in total. The van der Waals surface area contributed by atoms with Gasteiger partial charge in [0.05, 0.1) is 25.4 Å². The molecule has 2 saturated heterocycles. The molecule has 0 saturated carbocycles.